The van der Waals surface area contributed by atoms with Crippen molar-refractivity contribution in [2.75, 3.05) is 20.6 Å². The third-order valence-electron chi connectivity index (χ3n) is 4.84. The molecule has 0 amide bonds. The Bertz CT molecular complexity index is 404. The van der Waals surface area contributed by atoms with Gasteiger partial charge >= 0.3 is 0 Å². The second-order valence-electron chi connectivity index (χ2n) is 6.16. The third-order valence-corrected chi connectivity index (χ3v) is 4.84. The molecule has 1 atom stereocenters. The van der Waals surface area contributed by atoms with Gasteiger partial charge in [0, 0.05) is 18.3 Å². The molecule has 1 aliphatic carbocycles. The normalized spacial score (nSPS) is 19.6. The fraction of sp³-hybridized carbons (Fsp3) is 0.812. The quantitative estimate of drug-likeness (QED) is 0.832. The van der Waals surface area contributed by atoms with Gasteiger partial charge in [-0.05, 0) is 52.9 Å². The molecule has 4 nitrogen and oxygen atoms in total. The van der Waals surface area contributed by atoms with E-state index in [1.165, 1.54) is 37.8 Å². The highest BCUT2D eigenvalue weighted by Crippen LogP contribution is 2.43. The van der Waals surface area contributed by atoms with E-state index in [0.717, 1.165) is 13.1 Å². The van der Waals surface area contributed by atoms with Crippen molar-refractivity contribution in [1.29, 1.82) is 0 Å². The first-order chi connectivity index (χ1) is 9.65. The van der Waals surface area contributed by atoms with Gasteiger partial charge in [-0.25, -0.2) is 0 Å². The fourth-order valence-corrected chi connectivity index (χ4v) is 3.69. The zero-order valence-electron chi connectivity index (χ0n) is 13.5. The lowest BCUT2D eigenvalue weighted by Crippen LogP contribution is -2.52. The molecule has 2 rings (SSSR count). The zero-order valence-corrected chi connectivity index (χ0v) is 13.5. The number of aryl methyl sites for hydroxylation is 1. The molecule has 1 aromatic rings. The summed E-state index contributed by atoms with van der Waals surface area (Å²) >= 11 is 0. The first-order valence-electron chi connectivity index (χ1n) is 8.08. The molecule has 1 fully saturated rings. The molecule has 0 radical (unpaired) electrons. The molecule has 0 aliphatic heterocycles. The van der Waals surface area contributed by atoms with E-state index in [-0.39, 0.29) is 5.54 Å². The van der Waals surface area contributed by atoms with E-state index < -0.39 is 0 Å². The van der Waals surface area contributed by atoms with Gasteiger partial charge in [0.1, 0.15) is 0 Å². The number of nitrogens with one attached hydrogen (secondary N) is 1. The average molecular weight is 278 g/mol. The van der Waals surface area contributed by atoms with Gasteiger partial charge in [-0.2, -0.15) is 5.10 Å². The van der Waals surface area contributed by atoms with E-state index in [1.807, 2.05) is 6.20 Å². The Kier molecular flexibility index (Phi) is 5.22. The van der Waals surface area contributed by atoms with Gasteiger partial charge in [0.15, 0.2) is 0 Å². The standard InChI is InChI=1S/C16H30N4/c1-5-12-17-15(14-9-13-18-20(14)6-2)16(19(3)4)10-7-8-11-16/h9,13,15,17H,5-8,10-12H2,1-4H3. The summed E-state index contributed by atoms with van der Waals surface area (Å²) in [4.78, 5) is 2.44. The van der Waals surface area contributed by atoms with Gasteiger partial charge in [0.25, 0.3) is 0 Å². The topological polar surface area (TPSA) is 33.1 Å². The zero-order chi connectivity index (χ0) is 14.6. The fourth-order valence-electron chi connectivity index (χ4n) is 3.69. The summed E-state index contributed by atoms with van der Waals surface area (Å²) in [6, 6.07) is 2.57. The van der Waals surface area contributed by atoms with E-state index in [0.29, 0.717) is 6.04 Å². The highest BCUT2D eigenvalue weighted by molar-refractivity contribution is 5.17. The Morgan fingerprint density at radius 3 is 2.60 bits per heavy atom. The van der Waals surface area contributed by atoms with Crippen LogP contribution in [0.15, 0.2) is 12.3 Å². The van der Waals surface area contributed by atoms with E-state index in [9.17, 15) is 0 Å². The molecule has 1 aliphatic rings. The molecule has 114 valence electrons. The Morgan fingerprint density at radius 1 is 1.35 bits per heavy atom. The van der Waals surface area contributed by atoms with Crippen molar-refractivity contribution in [3.63, 3.8) is 0 Å². The van der Waals surface area contributed by atoms with Gasteiger partial charge in [-0.1, -0.05) is 19.8 Å². The van der Waals surface area contributed by atoms with Gasteiger partial charge in [-0.3, -0.25) is 4.68 Å². The predicted molar refractivity (Wildman–Crippen MR) is 83.8 cm³/mol. The number of hydrogen-bond donors (Lipinski definition) is 1. The van der Waals surface area contributed by atoms with Crippen molar-refractivity contribution in [2.45, 2.75) is 64.1 Å². The summed E-state index contributed by atoms with van der Waals surface area (Å²) < 4.78 is 2.15. The molecule has 1 aromatic heterocycles. The van der Waals surface area contributed by atoms with E-state index in [2.05, 4.69) is 54.0 Å². The minimum atomic E-state index is 0.238. The molecule has 4 heteroatoms. The molecule has 1 unspecified atom stereocenters. The van der Waals surface area contributed by atoms with Gasteiger partial charge < -0.3 is 10.2 Å². The molecule has 1 saturated carbocycles. The Hall–Kier alpha value is -0.870. The highest BCUT2D eigenvalue weighted by atomic mass is 15.3. The molecular weight excluding hydrogens is 248 g/mol. The smallest absolute Gasteiger partial charge is 0.0678 e. The lowest BCUT2D eigenvalue weighted by atomic mass is 9.84. The van der Waals surface area contributed by atoms with Gasteiger partial charge in [-0.15, -0.1) is 0 Å². The molecule has 0 bridgehead atoms. The summed E-state index contributed by atoms with van der Waals surface area (Å²) in [6.45, 7) is 6.41. The van der Waals surface area contributed by atoms with Gasteiger partial charge in [0.2, 0.25) is 0 Å². The van der Waals surface area contributed by atoms with E-state index >= 15 is 0 Å². The summed E-state index contributed by atoms with van der Waals surface area (Å²) in [6.07, 6.45) is 8.33. The van der Waals surface area contributed by atoms with Crippen LogP contribution in [-0.4, -0.2) is 40.9 Å². The number of likely N-dealkylation sites (N-methyl/N-ethyl adjacent to an activating group) is 1. The Labute approximate surface area is 123 Å². The second kappa shape index (κ2) is 6.72. The van der Waals surface area contributed by atoms with E-state index in [4.69, 9.17) is 0 Å². The minimum Gasteiger partial charge on any atom is -0.307 e. The van der Waals surface area contributed by atoms with Crippen molar-refractivity contribution >= 4 is 0 Å². The number of rotatable bonds is 7. The van der Waals surface area contributed by atoms with Crippen LogP contribution in [0.25, 0.3) is 0 Å². The first-order valence-corrected chi connectivity index (χ1v) is 8.08. The van der Waals surface area contributed by atoms with Crippen LogP contribution in [0.1, 0.15) is 57.7 Å². The van der Waals surface area contributed by atoms with Crippen LogP contribution in [0.2, 0.25) is 0 Å². The molecule has 1 N–H and O–H groups in total. The van der Waals surface area contributed by atoms with Crippen molar-refractivity contribution < 1.29 is 0 Å². The van der Waals surface area contributed by atoms with Crippen molar-refractivity contribution in [2.24, 2.45) is 0 Å². The number of hydrogen-bond acceptors (Lipinski definition) is 3. The monoisotopic (exact) mass is 278 g/mol. The van der Waals surface area contributed by atoms with Crippen LogP contribution in [0.4, 0.5) is 0 Å². The van der Waals surface area contributed by atoms with Crippen molar-refractivity contribution in [3.05, 3.63) is 18.0 Å². The number of aromatic nitrogens is 2. The van der Waals surface area contributed by atoms with E-state index in [1.54, 1.807) is 0 Å². The minimum absolute atomic E-state index is 0.238. The molecule has 0 aromatic carbocycles. The SMILES string of the molecule is CCCNC(c1ccnn1CC)C1(N(C)C)CCCC1. The summed E-state index contributed by atoms with van der Waals surface area (Å²) in [5.41, 5.74) is 1.58. The first kappa shape index (κ1) is 15.5. The largest absolute Gasteiger partial charge is 0.307 e. The molecule has 0 saturated heterocycles. The maximum Gasteiger partial charge on any atom is 0.0678 e. The average Bonchev–Trinajstić information content (AvgIpc) is 3.08. The second-order valence-corrected chi connectivity index (χ2v) is 6.16. The van der Waals surface area contributed by atoms with Crippen molar-refractivity contribution in [1.82, 2.24) is 20.0 Å². The lowest BCUT2D eigenvalue weighted by Gasteiger charge is -2.44. The van der Waals surface area contributed by atoms with Crippen LogP contribution in [0.5, 0.6) is 0 Å². The summed E-state index contributed by atoms with van der Waals surface area (Å²) in [5, 5.41) is 8.29. The maximum atomic E-state index is 4.48. The number of nitrogens with zero attached hydrogens (tertiary/aromatic N) is 3. The van der Waals surface area contributed by atoms with Crippen LogP contribution in [0.3, 0.4) is 0 Å². The summed E-state index contributed by atoms with van der Waals surface area (Å²) in [5.74, 6) is 0. The Balaban J connectivity index is 2.35. The lowest BCUT2D eigenvalue weighted by molar-refractivity contribution is 0.100. The molecule has 20 heavy (non-hydrogen) atoms. The van der Waals surface area contributed by atoms with Crippen LogP contribution < -0.4 is 5.32 Å². The highest BCUT2D eigenvalue weighted by Gasteiger charge is 2.44. The molecule has 1 heterocycles. The summed E-state index contributed by atoms with van der Waals surface area (Å²) in [7, 11) is 4.47. The molecule has 0 spiro atoms. The molecular formula is C16H30N4. The van der Waals surface area contributed by atoms with Crippen LogP contribution >= 0.6 is 0 Å². The maximum absolute atomic E-state index is 4.48. The Morgan fingerprint density at radius 2 is 2.05 bits per heavy atom. The van der Waals surface area contributed by atoms with Crippen molar-refractivity contribution in [3.8, 4) is 0 Å². The predicted octanol–water partition coefficient (Wildman–Crippen LogP) is 2.82. The van der Waals surface area contributed by atoms with Crippen LogP contribution in [-0.2, 0) is 6.54 Å². The van der Waals surface area contributed by atoms with Gasteiger partial charge in [0.05, 0.1) is 11.7 Å². The van der Waals surface area contributed by atoms with Crippen LogP contribution in [0, 0.1) is 0 Å². The third kappa shape index (κ3) is 2.77.